The third kappa shape index (κ3) is 2.20. The maximum Gasteiger partial charge on any atom is 0.236 e. The molecule has 0 saturated carbocycles. The van der Waals surface area contributed by atoms with Crippen LogP contribution in [-0.4, -0.2) is 34.9 Å². The van der Waals surface area contributed by atoms with Crippen molar-refractivity contribution in [2.75, 3.05) is 18.6 Å². The number of halogens is 2. The van der Waals surface area contributed by atoms with Crippen molar-refractivity contribution in [3.63, 3.8) is 0 Å². The number of nitrogens with zero attached hydrogens (tertiary/aromatic N) is 3. The standard InChI is InChI=1S/C9H9Cl2N3O2/c1-16-7-3-6(11)12-9(13-7)14-4-5(10)2-8(14)15/h3,5H,2,4H2,1H3. The number of methoxy groups -OCH3 is 1. The average Bonchev–Trinajstić information content (AvgIpc) is 2.57. The molecule has 7 heteroatoms. The fraction of sp³-hybridized carbons (Fsp3) is 0.444. The van der Waals surface area contributed by atoms with Crippen LogP contribution >= 0.6 is 23.2 Å². The van der Waals surface area contributed by atoms with E-state index in [1.807, 2.05) is 0 Å². The summed E-state index contributed by atoms with van der Waals surface area (Å²) >= 11 is 11.7. The lowest BCUT2D eigenvalue weighted by Crippen LogP contribution is -2.26. The normalized spacial score (nSPS) is 20.3. The molecule has 1 aromatic rings. The summed E-state index contributed by atoms with van der Waals surface area (Å²) in [6.07, 6.45) is 0.291. The van der Waals surface area contributed by atoms with E-state index in [2.05, 4.69) is 9.97 Å². The molecule has 1 amide bonds. The second-order valence-corrected chi connectivity index (χ2v) is 4.34. The van der Waals surface area contributed by atoms with Gasteiger partial charge in [-0.05, 0) is 0 Å². The van der Waals surface area contributed by atoms with Crippen molar-refractivity contribution >= 4 is 35.1 Å². The van der Waals surface area contributed by atoms with Gasteiger partial charge < -0.3 is 4.74 Å². The van der Waals surface area contributed by atoms with Gasteiger partial charge >= 0.3 is 0 Å². The van der Waals surface area contributed by atoms with Crippen LogP contribution in [0, 0.1) is 0 Å². The fourth-order valence-electron chi connectivity index (χ4n) is 1.47. The minimum absolute atomic E-state index is 0.107. The summed E-state index contributed by atoms with van der Waals surface area (Å²) in [5, 5.41) is 0.0220. The van der Waals surface area contributed by atoms with Crippen LogP contribution in [0.2, 0.25) is 5.15 Å². The maximum atomic E-state index is 11.6. The molecule has 1 aliphatic rings. The number of ether oxygens (including phenoxy) is 1. The van der Waals surface area contributed by atoms with Crippen molar-refractivity contribution in [3.8, 4) is 5.88 Å². The SMILES string of the molecule is COc1cc(Cl)nc(N2CC(Cl)CC2=O)n1. The summed E-state index contributed by atoms with van der Waals surface area (Å²) in [6.45, 7) is 0.393. The Morgan fingerprint density at radius 1 is 1.56 bits per heavy atom. The van der Waals surface area contributed by atoms with Crippen molar-refractivity contribution in [1.29, 1.82) is 0 Å². The smallest absolute Gasteiger partial charge is 0.236 e. The van der Waals surface area contributed by atoms with E-state index in [1.165, 1.54) is 18.1 Å². The summed E-state index contributed by atoms with van der Waals surface area (Å²) in [6, 6.07) is 1.48. The van der Waals surface area contributed by atoms with E-state index in [-0.39, 0.29) is 22.4 Å². The largest absolute Gasteiger partial charge is 0.481 e. The van der Waals surface area contributed by atoms with Crippen LogP contribution in [0.4, 0.5) is 5.95 Å². The second-order valence-electron chi connectivity index (χ2n) is 3.34. The van der Waals surface area contributed by atoms with Crippen LogP contribution in [-0.2, 0) is 4.79 Å². The van der Waals surface area contributed by atoms with Gasteiger partial charge in [0.1, 0.15) is 5.15 Å². The average molecular weight is 262 g/mol. The number of carbonyl (C=O) groups is 1. The van der Waals surface area contributed by atoms with Crippen molar-refractivity contribution < 1.29 is 9.53 Å². The molecule has 1 aromatic heterocycles. The van der Waals surface area contributed by atoms with Gasteiger partial charge in [0.05, 0.1) is 12.5 Å². The molecule has 0 aromatic carbocycles. The Kier molecular flexibility index (Phi) is 3.16. The lowest BCUT2D eigenvalue weighted by Gasteiger charge is -2.14. The maximum absolute atomic E-state index is 11.6. The van der Waals surface area contributed by atoms with E-state index in [4.69, 9.17) is 27.9 Å². The predicted molar refractivity (Wildman–Crippen MR) is 60.2 cm³/mol. The molecule has 1 atom stereocenters. The second kappa shape index (κ2) is 4.43. The van der Waals surface area contributed by atoms with Crippen LogP contribution in [0.3, 0.4) is 0 Å². The Bertz CT molecular complexity index is 427. The zero-order chi connectivity index (χ0) is 11.7. The number of hydrogen-bond donors (Lipinski definition) is 0. The third-order valence-corrected chi connectivity index (χ3v) is 2.67. The first-order valence-electron chi connectivity index (χ1n) is 4.63. The van der Waals surface area contributed by atoms with E-state index in [1.54, 1.807) is 0 Å². The van der Waals surface area contributed by atoms with E-state index >= 15 is 0 Å². The molecule has 0 N–H and O–H groups in total. The van der Waals surface area contributed by atoms with Crippen LogP contribution in [0.1, 0.15) is 6.42 Å². The number of carbonyl (C=O) groups excluding carboxylic acids is 1. The molecule has 5 nitrogen and oxygen atoms in total. The monoisotopic (exact) mass is 261 g/mol. The Hall–Kier alpha value is -1.07. The summed E-state index contributed by atoms with van der Waals surface area (Å²) < 4.78 is 4.95. The van der Waals surface area contributed by atoms with Gasteiger partial charge in [0.25, 0.3) is 0 Å². The Labute approximate surface area is 102 Å². The molecular weight excluding hydrogens is 253 g/mol. The van der Waals surface area contributed by atoms with Crippen molar-refractivity contribution in [2.24, 2.45) is 0 Å². The minimum Gasteiger partial charge on any atom is -0.481 e. The first kappa shape index (κ1) is 11.4. The van der Waals surface area contributed by atoms with Crippen LogP contribution in [0.5, 0.6) is 5.88 Å². The van der Waals surface area contributed by atoms with Gasteiger partial charge in [0.2, 0.25) is 17.7 Å². The number of amides is 1. The van der Waals surface area contributed by atoms with Gasteiger partial charge in [-0.15, -0.1) is 11.6 Å². The molecule has 0 radical (unpaired) electrons. The predicted octanol–water partition coefficient (Wildman–Crippen LogP) is 1.48. The van der Waals surface area contributed by atoms with Crippen LogP contribution in [0.15, 0.2) is 6.07 Å². The zero-order valence-corrected chi connectivity index (χ0v) is 9.99. The van der Waals surface area contributed by atoms with E-state index in [0.29, 0.717) is 18.8 Å². The molecule has 1 unspecified atom stereocenters. The van der Waals surface area contributed by atoms with Crippen molar-refractivity contribution in [3.05, 3.63) is 11.2 Å². The summed E-state index contributed by atoms with van der Waals surface area (Å²) in [4.78, 5) is 21.0. The number of aromatic nitrogens is 2. The summed E-state index contributed by atoms with van der Waals surface area (Å²) in [5.41, 5.74) is 0. The van der Waals surface area contributed by atoms with Gasteiger partial charge in [0, 0.05) is 19.0 Å². The summed E-state index contributed by atoms with van der Waals surface area (Å²) in [5.74, 6) is 0.447. The molecule has 86 valence electrons. The lowest BCUT2D eigenvalue weighted by atomic mass is 10.4. The van der Waals surface area contributed by atoms with Crippen LogP contribution in [0.25, 0.3) is 0 Å². The molecule has 0 aliphatic carbocycles. The highest BCUT2D eigenvalue weighted by molar-refractivity contribution is 6.29. The van der Waals surface area contributed by atoms with Gasteiger partial charge in [-0.2, -0.15) is 4.98 Å². The number of rotatable bonds is 2. The van der Waals surface area contributed by atoms with E-state index < -0.39 is 0 Å². The highest BCUT2D eigenvalue weighted by Gasteiger charge is 2.31. The Morgan fingerprint density at radius 2 is 2.31 bits per heavy atom. The molecule has 1 aliphatic heterocycles. The molecule has 2 heterocycles. The van der Waals surface area contributed by atoms with Gasteiger partial charge in [0.15, 0.2) is 0 Å². The molecule has 1 saturated heterocycles. The molecule has 1 fully saturated rings. The topological polar surface area (TPSA) is 55.3 Å². The van der Waals surface area contributed by atoms with Gasteiger partial charge in [-0.3, -0.25) is 9.69 Å². The lowest BCUT2D eigenvalue weighted by molar-refractivity contribution is -0.117. The molecule has 2 rings (SSSR count). The summed E-state index contributed by atoms with van der Waals surface area (Å²) in [7, 11) is 1.47. The Balaban J connectivity index is 2.33. The molecule has 16 heavy (non-hydrogen) atoms. The van der Waals surface area contributed by atoms with E-state index in [9.17, 15) is 4.79 Å². The molecule has 0 spiro atoms. The number of anilines is 1. The fourth-order valence-corrected chi connectivity index (χ4v) is 1.91. The minimum atomic E-state index is -0.207. The van der Waals surface area contributed by atoms with Gasteiger partial charge in [-0.25, -0.2) is 4.98 Å². The highest BCUT2D eigenvalue weighted by atomic mass is 35.5. The van der Waals surface area contributed by atoms with E-state index in [0.717, 1.165) is 0 Å². The zero-order valence-electron chi connectivity index (χ0n) is 8.48. The third-order valence-electron chi connectivity index (χ3n) is 2.19. The van der Waals surface area contributed by atoms with Crippen molar-refractivity contribution in [1.82, 2.24) is 9.97 Å². The van der Waals surface area contributed by atoms with Crippen LogP contribution < -0.4 is 9.64 Å². The first-order valence-corrected chi connectivity index (χ1v) is 5.44. The highest BCUT2D eigenvalue weighted by Crippen LogP contribution is 2.24. The quantitative estimate of drug-likeness (QED) is 0.598. The number of hydrogen-bond acceptors (Lipinski definition) is 4. The molecule has 0 bridgehead atoms. The number of alkyl halides is 1. The van der Waals surface area contributed by atoms with Gasteiger partial charge in [-0.1, -0.05) is 11.6 Å². The Morgan fingerprint density at radius 3 is 2.88 bits per heavy atom. The van der Waals surface area contributed by atoms with Crippen molar-refractivity contribution in [2.45, 2.75) is 11.8 Å². The molecular formula is C9H9Cl2N3O2. The first-order chi connectivity index (χ1) is 7.60.